The van der Waals surface area contributed by atoms with E-state index in [0.29, 0.717) is 17.5 Å². The van der Waals surface area contributed by atoms with Crippen molar-refractivity contribution in [2.45, 2.75) is 89.0 Å². The van der Waals surface area contributed by atoms with Crippen molar-refractivity contribution in [1.29, 1.82) is 0 Å². The molecule has 0 unspecified atom stereocenters. The van der Waals surface area contributed by atoms with Crippen molar-refractivity contribution in [3.05, 3.63) is 71.8 Å². The van der Waals surface area contributed by atoms with E-state index in [2.05, 4.69) is 36.9 Å². The molecule has 0 aliphatic carbocycles. The number of aliphatic carboxylic acids is 2. The molecule has 0 saturated heterocycles. The second kappa shape index (κ2) is 25.6. The van der Waals surface area contributed by atoms with Crippen molar-refractivity contribution in [2.75, 3.05) is 19.6 Å². The highest BCUT2D eigenvalue weighted by molar-refractivity contribution is 5.95. The van der Waals surface area contributed by atoms with Gasteiger partial charge in [-0.3, -0.25) is 38.6 Å². The molecule has 0 spiro atoms. The van der Waals surface area contributed by atoms with E-state index in [0.717, 1.165) is 0 Å². The van der Waals surface area contributed by atoms with Crippen LogP contribution in [0.3, 0.4) is 0 Å². The number of hydrogen-bond acceptors (Lipinski definition) is 10. The monoisotopic (exact) mass is 824 g/mol. The molecule has 6 amide bonds. The van der Waals surface area contributed by atoms with E-state index < -0.39 is 97.1 Å². The minimum absolute atomic E-state index is 0.00236. The van der Waals surface area contributed by atoms with E-state index in [1.165, 1.54) is 0 Å². The number of hydrogen-bond donors (Lipinski definition) is 11. The second-order valence-electron chi connectivity index (χ2n) is 14.1. The Kier molecular flexibility index (Phi) is 21.1. The van der Waals surface area contributed by atoms with Crippen LogP contribution < -0.4 is 49.1 Å². The van der Waals surface area contributed by atoms with E-state index in [-0.39, 0.29) is 50.5 Å². The Morgan fingerprint density at radius 3 is 1.69 bits per heavy atom. The highest BCUT2D eigenvalue weighted by Gasteiger charge is 2.30. The molecule has 2 rings (SSSR count). The molecule has 20 nitrogen and oxygen atoms in total. The Bertz CT molecular complexity index is 1760. The zero-order valence-corrected chi connectivity index (χ0v) is 33.1. The predicted octanol–water partition coefficient (Wildman–Crippen LogP) is -1.98. The van der Waals surface area contributed by atoms with Gasteiger partial charge in [0.15, 0.2) is 5.96 Å². The maximum absolute atomic E-state index is 13.4. The lowest BCUT2D eigenvalue weighted by atomic mass is 10.0. The summed E-state index contributed by atoms with van der Waals surface area (Å²) in [4.78, 5) is 105. The van der Waals surface area contributed by atoms with Crippen molar-refractivity contribution in [3.63, 3.8) is 0 Å². The second-order valence-corrected chi connectivity index (χ2v) is 14.1. The summed E-state index contributed by atoms with van der Waals surface area (Å²) in [5.41, 5.74) is 17.9. The zero-order valence-electron chi connectivity index (χ0n) is 33.1. The summed E-state index contributed by atoms with van der Waals surface area (Å²) in [7, 11) is 0. The average molecular weight is 825 g/mol. The molecule has 0 aliphatic rings. The molecule has 59 heavy (non-hydrogen) atoms. The largest absolute Gasteiger partial charge is 0.481 e. The molecule has 0 heterocycles. The lowest BCUT2D eigenvalue weighted by molar-refractivity contribution is -0.142. The van der Waals surface area contributed by atoms with Gasteiger partial charge in [0.05, 0.1) is 19.1 Å². The summed E-state index contributed by atoms with van der Waals surface area (Å²) in [5, 5.41) is 33.8. The first-order valence-electron chi connectivity index (χ1n) is 19.0. The van der Waals surface area contributed by atoms with Gasteiger partial charge in [0.2, 0.25) is 35.4 Å². The van der Waals surface area contributed by atoms with Crippen LogP contribution in [0.15, 0.2) is 65.7 Å². The molecular weight excluding hydrogens is 768 g/mol. The first kappa shape index (κ1) is 48.6. The number of carboxylic acids is 2. The van der Waals surface area contributed by atoms with Gasteiger partial charge in [-0.25, -0.2) is 4.79 Å². The number of nitrogens with zero attached hydrogens (tertiary/aromatic N) is 1. The highest BCUT2D eigenvalue weighted by atomic mass is 16.4. The number of guanidine groups is 1. The molecule has 14 N–H and O–H groups in total. The first-order valence-corrected chi connectivity index (χ1v) is 19.0. The Hall–Kier alpha value is -6.57. The fourth-order valence-electron chi connectivity index (χ4n) is 5.60. The SMILES string of the molecule is CC(C)C[C@H](NC(=O)[C@H](CCC(=O)O)NC(=O)[C@@H](N)CCCN=C(N)N)C(=O)NCC(=O)NCC(=O)N[C@@H](Cc1ccccc1)C(=O)N[C@@H](Cc1ccccc1)C(=O)O. The zero-order chi connectivity index (χ0) is 43.9. The number of nitrogens with two attached hydrogens (primary N) is 3. The van der Waals surface area contributed by atoms with Crippen LogP contribution in [0.5, 0.6) is 0 Å². The fraction of sp³-hybridized carbons (Fsp3) is 0.462. The number of aliphatic imine (C=N–C) groups is 1. The van der Waals surface area contributed by atoms with Crippen molar-refractivity contribution < 1.29 is 48.6 Å². The van der Waals surface area contributed by atoms with Crippen LogP contribution in [0.25, 0.3) is 0 Å². The molecule has 20 heteroatoms. The smallest absolute Gasteiger partial charge is 0.326 e. The van der Waals surface area contributed by atoms with Crippen LogP contribution in [-0.4, -0.2) is 113 Å². The minimum atomic E-state index is -1.36. The maximum Gasteiger partial charge on any atom is 0.326 e. The summed E-state index contributed by atoms with van der Waals surface area (Å²) in [6.07, 6.45) is -0.176. The van der Waals surface area contributed by atoms with E-state index in [1.807, 2.05) is 0 Å². The summed E-state index contributed by atoms with van der Waals surface area (Å²) in [5.74, 6) is -7.43. The van der Waals surface area contributed by atoms with Gasteiger partial charge in [0, 0.05) is 25.8 Å². The Morgan fingerprint density at radius 2 is 1.15 bits per heavy atom. The van der Waals surface area contributed by atoms with Crippen molar-refractivity contribution in [1.82, 2.24) is 31.9 Å². The molecule has 0 radical (unpaired) electrons. The highest BCUT2D eigenvalue weighted by Crippen LogP contribution is 2.09. The number of benzene rings is 2. The molecule has 0 aliphatic heterocycles. The van der Waals surface area contributed by atoms with Gasteiger partial charge in [-0.1, -0.05) is 74.5 Å². The quantitative estimate of drug-likeness (QED) is 0.0279. The molecule has 0 fully saturated rings. The number of amides is 6. The van der Waals surface area contributed by atoms with Crippen LogP contribution in [0.1, 0.15) is 57.1 Å². The van der Waals surface area contributed by atoms with Gasteiger partial charge in [0.1, 0.15) is 24.2 Å². The molecule has 322 valence electrons. The van der Waals surface area contributed by atoms with E-state index in [4.69, 9.17) is 17.2 Å². The van der Waals surface area contributed by atoms with Gasteiger partial charge in [-0.05, 0) is 42.7 Å². The summed E-state index contributed by atoms with van der Waals surface area (Å²) >= 11 is 0. The third-order valence-electron chi connectivity index (χ3n) is 8.63. The van der Waals surface area contributed by atoms with Crippen LogP contribution in [0.4, 0.5) is 0 Å². The van der Waals surface area contributed by atoms with Gasteiger partial charge in [-0.2, -0.15) is 0 Å². The Labute approximate surface area is 341 Å². The average Bonchev–Trinajstić information content (AvgIpc) is 3.18. The van der Waals surface area contributed by atoms with Crippen LogP contribution in [0, 0.1) is 5.92 Å². The van der Waals surface area contributed by atoms with Gasteiger partial charge in [-0.15, -0.1) is 0 Å². The van der Waals surface area contributed by atoms with Gasteiger partial charge < -0.3 is 59.3 Å². The molecule has 2 aromatic rings. The maximum atomic E-state index is 13.4. The van der Waals surface area contributed by atoms with Crippen LogP contribution in [0.2, 0.25) is 0 Å². The summed E-state index contributed by atoms with van der Waals surface area (Å²) in [6, 6.07) is 11.3. The molecular formula is C39H56N10O10. The van der Waals surface area contributed by atoms with Crippen LogP contribution >= 0.6 is 0 Å². The van der Waals surface area contributed by atoms with Crippen molar-refractivity contribution >= 4 is 53.3 Å². The molecule has 0 aromatic heterocycles. The lowest BCUT2D eigenvalue weighted by Crippen LogP contribution is -2.56. The van der Waals surface area contributed by atoms with Crippen LogP contribution in [-0.2, 0) is 51.2 Å². The molecule has 0 bridgehead atoms. The van der Waals surface area contributed by atoms with E-state index in [9.17, 15) is 48.6 Å². The number of carbonyl (C=O) groups excluding carboxylic acids is 6. The standard InChI is InChI=1S/C39H56N10O10/c1-23(2)18-28(48-36(56)27(15-16-33(52)53)47-34(54)26(40)14-9-17-43-39(41)42)35(55)45-21-31(50)44-22-32(51)46-29(19-24-10-5-3-6-11-24)37(57)49-30(38(58)59)20-25-12-7-4-8-13-25/h3-8,10-13,23,26-30H,9,14-22,40H2,1-2H3,(H,44,50)(H,45,55)(H,46,51)(H,47,54)(H,48,56)(H,49,57)(H,52,53)(H,58,59)(H4,41,42,43)/t26-,27-,28-,29-,30-/m0/s1. The first-order chi connectivity index (χ1) is 27.9. The summed E-state index contributed by atoms with van der Waals surface area (Å²) < 4.78 is 0. The summed E-state index contributed by atoms with van der Waals surface area (Å²) in [6.45, 7) is 2.55. The fourth-order valence-corrected chi connectivity index (χ4v) is 5.60. The number of carboxylic acid groups (broad SMARTS) is 2. The number of rotatable bonds is 26. The minimum Gasteiger partial charge on any atom is -0.481 e. The third-order valence-corrected chi connectivity index (χ3v) is 8.63. The number of nitrogens with one attached hydrogen (secondary N) is 6. The van der Waals surface area contributed by atoms with Crippen molar-refractivity contribution in [2.24, 2.45) is 28.1 Å². The topological polar surface area (TPSA) is 340 Å². The Morgan fingerprint density at radius 1 is 0.627 bits per heavy atom. The normalized spacial score (nSPS) is 13.3. The van der Waals surface area contributed by atoms with Gasteiger partial charge in [0.25, 0.3) is 0 Å². The molecule has 2 aromatic carbocycles. The Balaban J connectivity index is 2.02. The number of carbonyl (C=O) groups is 8. The molecule has 0 saturated carbocycles. The lowest BCUT2D eigenvalue weighted by Gasteiger charge is -2.25. The van der Waals surface area contributed by atoms with E-state index in [1.54, 1.807) is 74.5 Å². The van der Waals surface area contributed by atoms with Gasteiger partial charge >= 0.3 is 11.9 Å². The predicted molar refractivity (Wildman–Crippen MR) is 216 cm³/mol. The van der Waals surface area contributed by atoms with Crippen molar-refractivity contribution in [3.8, 4) is 0 Å². The molecule has 5 atom stereocenters. The third kappa shape index (κ3) is 19.9. The van der Waals surface area contributed by atoms with E-state index >= 15 is 0 Å².